The maximum atomic E-state index is 13.5. The molecule has 0 N–H and O–H groups in total. The SMILES string of the molecule is COC(=O)c1cc(C2CCB(C#N)CC2)ccc1F. The summed E-state index contributed by atoms with van der Waals surface area (Å²) in [5.74, 6) is 1.39. The third-order valence-corrected chi connectivity index (χ3v) is 3.78. The summed E-state index contributed by atoms with van der Waals surface area (Å²) in [7, 11) is 1.24. The molecule has 0 unspecified atom stereocenters. The lowest BCUT2D eigenvalue weighted by molar-refractivity contribution is 0.0595. The van der Waals surface area contributed by atoms with E-state index in [0.717, 1.165) is 31.0 Å². The van der Waals surface area contributed by atoms with Gasteiger partial charge in [-0.3, -0.25) is 0 Å². The van der Waals surface area contributed by atoms with Gasteiger partial charge in [-0.2, -0.15) is 0 Å². The number of benzene rings is 1. The summed E-state index contributed by atoms with van der Waals surface area (Å²) in [5, 5.41) is 8.87. The Morgan fingerprint density at radius 2 is 2.16 bits per heavy atom. The molecule has 98 valence electrons. The number of nitrogens with zero attached hydrogens (tertiary/aromatic N) is 1. The molecule has 0 radical (unpaired) electrons. The molecule has 0 atom stereocenters. The minimum atomic E-state index is -0.648. The first kappa shape index (κ1) is 13.6. The van der Waals surface area contributed by atoms with E-state index in [2.05, 4.69) is 10.7 Å². The lowest BCUT2D eigenvalue weighted by Gasteiger charge is -2.23. The van der Waals surface area contributed by atoms with Crippen molar-refractivity contribution in [1.82, 2.24) is 0 Å². The summed E-state index contributed by atoms with van der Waals surface area (Å²) in [6.45, 7) is 0.136. The smallest absolute Gasteiger partial charge is 0.340 e. The number of carbonyl (C=O) groups is 1. The van der Waals surface area contributed by atoms with Gasteiger partial charge in [0.25, 0.3) is 6.71 Å². The summed E-state index contributed by atoms with van der Waals surface area (Å²) in [6, 6.07) is 4.62. The van der Waals surface area contributed by atoms with Crippen LogP contribution in [-0.4, -0.2) is 19.8 Å². The number of nitriles is 1. The average molecular weight is 259 g/mol. The van der Waals surface area contributed by atoms with Gasteiger partial charge in [-0.05, 0) is 23.6 Å². The summed E-state index contributed by atoms with van der Waals surface area (Å²) in [6.07, 6.45) is 3.55. The Kier molecular flexibility index (Phi) is 4.21. The molecular weight excluding hydrogens is 244 g/mol. The molecule has 0 saturated carbocycles. The Hall–Kier alpha value is -1.83. The van der Waals surface area contributed by atoms with Gasteiger partial charge in [-0.15, -0.1) is 0 Å². The van der Waals surface area contributed by atoms with E-state index in [-0.39, 0.29) is 12.3 Å². The number of halogens is 1. The van der Waals surface area contributed by atoms with Crippen molar-refractivity contribution in [3.05, 3.63) is 35.1 Å². The molecule has 2 rings (SSSR count). The van der Waals surface area contributed by atoms with Crippen molar-refractivity contribution >= 4 is 12.7 Å². The predicted molar refractivity (Wildman–Crippen MR) is 70.7 cm³/mol. The fraction of sp³-hybridized carbons (Fsp3) is 0.429. The average Bonchev–Trinajstić information content (AvgIpc) is 2.47. The number of rotatable bonds is 2. The summed E-state index contributed by atoms with van der Waals surface area (Å²) in [4.78, 5) is 11.5. The second-order valence-corrected chi connectivity index (χ2v) is 4.91. The number of ether oxygens (including phenoxy) is 1. The lowest BCUT2D eigenvalue weighted by Crippen LogP contribution is -2.19. The van der Waals surface area contributed by atoms with Crippen LogP contribution in [0.4, 0.5) is 4.39 Å². The fourth-order valence-electron chi connectivity index (χ4n) is 2.62. The minimum absolute atomic E-state index is 0.0117. The van der Waals surface area contributed by atoms with E-state index in [1.807, 2.05) is 0 Å². The molecule has 1 heterocycles. The Labute approximate surface area is 112 Å². The van der Waals surface area contributed by atoms with Crippen LogP contribution < -0.4 is 0 Å². The number of esters is 1. The van der Waals surface area contributed by atoms with Gasteiger partial charge in [0, 0.05) is 5.97 Å². The molecule has 5 heteroatoms. The standard InChI is InChI=1S/C14H15BFNO2/c1-19-14(18)12-8-11(2-3-13(12)16)10-4-6-15(9-17)7-5-10/h2-3,8,10H,4-7H2,1H3. The van der Waals surface area contributed by atoms with Crippen molar-refractivity contribution in [3.8, 4) is 5.97 Å². The predicted octanol–water partition coefficient (Wildman–Crippen LogP) is 3.05. The number of carbonyl (C=O) groups excluding carboxylic acids is 1. The van der Waals surface area contributed by atoms with Crippen LogP contribution in [0.15, 0.2) is 18.2 Å². The van der Waals surface area contributed by atoms with Crippen molar-refractivity contribution in [2.75, 3.05) is 7.11 Å². The number of methoxy groups -OCH3 is 1. The molecule has 19 heavy (non-hydrogen) atoms. The summed E-state index contributed by atoms with van der Waals surface area (Å²) in [5.41, 5.74) is 0.945. The Morgan fingerprint density at radius 1 is 1.47 bits per heavy atom. The van der Waals surface area contributed by atoms with Gasteiger partial charge in [0.05, 0.1) is 12.7 Å². The Bertz CT molecular complexity index is 519. The van der Waals surface area contributed by atoms with Crippen molar-refractivity contribution < 1.29 is 13.9 Å². The highest BCUT2D eigenvalue weighted by Crippen LogP contribution is 2.34. The second kappa shape index (κ2) is 5.88. The quantitative estimate of drug-likeness (QED) is 0.605. The Balaban J connectivity index is 2.18. The summed E-state index contributed by atoms with van der Waals surface area (Å²) >= 11 is 0. The van der Waals surface area contributed by atoms with Crippen LogP contribution in [0.3, 0.4) is 0 Å². The van der Waals surface area contributed by atoms with Crippen LogP contribution in [0.2, 0.25) is 12.6 Å². The first-order chi connectivity index (χ1) is 9.15. The third-order valence-electron chi connectivity index (χ3n) is 3.78. The fourth-order valence-corrected chi connectivity index (χ4v) is 2.62. The molecule has 3 nitrogen and oxygen atoms in total. The van der Waals surface area contributed by atoms with E-state index in [9.17, 15) is 9.18 Å². The molecule has 0 spiro atoms. The van der Waals surface area contributed by atoms with Crippen molar-refractivity contribution in [1.29, 1.82) is 5.26 Å². The normalized spacial score (nSPS) is 15.9. The summed E-state index contributed by atoms with van der Waals surface area (Å²) < 4.78 is 18.1. The highest BCUT2D eigenvalue weighted by atomic mass is 19.1. The highest BCUT2D eigenvalue weighted by Gasteiger charge is 2.26. The lowest BCUT2D eigenvalue weighted by atomic mass is 9.41. The van der Waals surface area contributed by atoms with Crippen LogP contribution in [0.25, 0.3) is 0 Å². The van der Waals surface area contributed by atoms with Crippen LogP contribution in [-0.2, 0) is 4.74 Å². The first-order valence-electron chi connectivity index (χ1n) is 6.43. The molecule has 0 aliphatic carbocycles. The monoisotopic (exact) mass is 259 g/mol. The molecule has 0 amide bonds. The molecule has 1 aromatic rings. The van der Waals surface area contributed by atoms with E-state index in [0.29, 0.717) is 5.92 Å². The molecule has 1 saturated heterocycles. The zero-order valence-corrected chi connectivity index (χ0v) is 10.9. The van der Waals surface area contributed by atoms with Gasteiger partial charge in [0.2, 0.25) is 0 Å². The van der Waals surface area contributed by atoms with Crippen LogP contribution in [0.1, 0.15) is 34.7 Å². The van der Waals surface area contributed by atoms with Gasteiger partial charge in [-0.1, -0.05) is 31.5 Å². The zero-order chi connectivity index (χ0) is 13.8. The van der Waals surface area contributed by atoms with E-state index in [1.165, 1.54) is 13.2 Å². The van der Waals surface area contributed by atoms with Crippen molar-refractivity contribution in [2.45, 2.75) is 31.4 Å². The Morgan fingerprint density at radius 3 is 2.74 bits per heavy atom. The second-order valence-electron chi connectivity index (χ2n) is 4.91. The largest absolute Gasteiger partial charge is 0.465 e. The van der Waals surface area contributed by atoms with E-state index < -0.39 is 11.8 Å². The molecule has 1 aliphatic heterocycles. The molecule has 0 aromatic heterocycles. The minimum Gasteiger partial charge on any atom is -0.465 e. The first-order valence-corrected chi connectivity index (χ1v) is 6.43. The van der Waals surface area contributed by atoms with Crippen LogP contribution >= 0.6 is 0 Å². The highest BCUT2D eigenvalue weighted by molar-refractivity contribution is 6.67. The van der Waals surface area contributed by atoms with Crippen LogP contribution in [0, 0.1) is 17.0 Å². The van der Waals surface area contributed by atoms with Gasteiger partial charge in [-0.25, -0.2) is 14.4 Å². The van der Waals surface area contributed by atoms with E-state index in [4.69, 9.17) is 5.26 Å². The van der Waals surface area contributed by atoms with Gasteiger partial charge in [0.15, 0.2) is 0 Å². The molecule has 1 aromatic carbocycles. The van der Waals surface area contributed by atoms with E-state index in [1.54, 1.807) is 12.1 Å². The van der Waals surface area contributed by atoms with Gasteiger partial charge >= 0.3 is 5.97 Å². The van der Waals surface area contributed by atoms with Gasteiger partial charge in [0.1, 0.15) is 5.82 Å². The molecule has 1 aliphatic rings. The maximum absolute atomic E-state index is 13.5. The van der Waals surface area contributed by atoms with Crippen LogP contribution in [0.5, 0.6) is 0 Å². The molecule has 1 fully saturated rings. The topological polar surface area (TPSA) is 50.1 Å². The van der Waals surface area contributed by atoms with Crippen molar-refractivity contribution in [3.63, 3.8) is 0 Å². The van der Waals surface area contributed by atoms with Crippen molar-refractivity contribution in [2.24, 2.45) is 0 Å². The zero-order valence-electron chi connectivity index (χ0n) is 10.9. The molecule has 0 bridgehead atoms. The number of hydrogen-bond donors (Lipinski definition) is 0. The maximum Gasteiger partial charge on any atom is 0.340 e. The van der Waals surface area contributed by atoms with E-state index >= 15 is 0 Å². The number of hydrogen-bond acceptors (Lipinski definition) is 3. The van der Waals surface area contributed by atoms with Gasteiger partial charge < -0.3 is 4.74 Å². The third kappa shape index (κ3) is 2.95. The molecular formula is C14H15BFNO2.